The predicted octanol–water partition coefficient (Wildman–Crippen LogP) is 2.82. The maximum absolute atomic E-state index is 6.08. The Morgan fingerprint density at radius 2 is 2.19 bits per heavy atom. The average Bonchev–Trinajstić information content (AvgIpc) is 2.88. The van der Waals surface area contributed by atoms with E-state index in [4.69, 9.17) is 16.3 Å². The van der Waals surface area contributed by atoms with Gasteiger partial charge in [-0.3, -0.25) is 0 Å². The number of rotatable bonds is 7. The van der Waals surface area contributed by atoms with Crippen LogP contribution >= 0.6 is 11.6 Å². The first kappa shape index (κ1) is 15.8. The van der Waals surface area contributed by atoms with Crippen LogP contribution in [-0.4, -0.2) is 27.6 Å². The van der Waals surface area contributed by atoms with Crippen molar-refractivity contribution >= 4 is 11.6 Å². The van der Waals surface area contributed by atoms with Crippen LogP contribution < -0.4 is 10.1 Å². The fourth-order valence-electron chi connectivity index (χ4n) is 1.81. The number of aryl methyl sites for hydroxylation is 1. The standard InChI is InChI=1S/C15H21ClN4O/c1-11(2)17-9-13-10-20(19-18-13)6-7-21-15-8-12(3)4-5-14(15)16/h4-5,8,10-11,17H,6-7,9H2,1-3H3. The van der Waals surface area contributed by atoms with Gasteiger partial charge in [0.25, 0.3) is 0 Å². The van der Waals surface area contributed by atoms with Gasteiger partial charge in [0.05, 0.1) is 17.3 Å². The summed E-state index contributed by atoms with van der Waals surface area (Å²) in [5.41, 5.74) is 2.05. The Morgan fingerprint density at radius 3 is 2.95 bits per heavy atom. The zero-order valence-electron chi connectivity index (χ0n) is 12.6. The highest BCUT2D eigenvalue weighted by Gasteiger charge is 2.04. The molecule has 0 bridgehead atoms. The average molecular weight is 309 g/mol. The third kappa shape index (κ3) is 5.02. The second kappa shape index (κ2) is 7.43. The van der Waals surface area contributed by atoms with E-state index in [1.54, 1.807) is 4.68 Å². The highest BCUT2D eigenvalue weighted by molar-refractivity contribution is 6.32. The van der Waals surface area contributed by atoms with E-state index in [0.29, 0.717) is 30.0 Å². The summed E-state index contributed by atoms with van der Waals surface area (Å²) < 4.78 is 7.47. The van der Waals surface area contributed by atoms with Crippen LogP contribution in [-0.2, 0) is 13.1 Å². The molecule has 6 heteroatoms. The van der Waals surface area contributed by atoms with Crippen LogP contribution in [0, 0.1) is 6.92 Å². The third-order valence-electron chi connectivity index (χ3n) is 2.94. The van der Waals surface area contributed by atoms with Crippen molar-refractivity contribution in [1.82, 2.24) is 20.3 Å². The lowest BCUT2D eigenvalue weighted by Gasteiger charge is -2.08. The lowest BCUT2D eigenvalue weighted by molar-refractivity contribution is 0.289. The number of nitrogens with zero attached hydrogens (tertiary/aromatic N) is 3. The van der Waals surface area contributed by atoms with Gasteiger partial charge in [0.1, 0.15) is 12.4 Å². The van der Waals surface area contributed by atoms with Crippen molar-refractivity contribution in [2.75, 3.05) is 6.61 Å². The molecule has 2 aromatic rings. The Morgan fingerprint density at radius 1 is 1.38 bits per heavy atom. The van der Waals surface area contributed by atoms with Crippen molar-refractivity contribution in [2.45, 2.75) is 39.9 Å². The number of hydrogen-bond acceptors (Lipinski definition) is 4. The van der Waals surface area contributed by atoms with Gasteiger partial charge in [0, 0.05) is 18.8 Å². The molecule has 0 amide bonds. The summed E-state index contributed by atoms with van der Waals surface area (Å²) in [4.78, 5) is 0. The zero-order chi connectivity index (χ0) is 15.2. The fourth-order valence-corrected chi connectivity index (χ4v) is 1.98. The predicted molar refractivity (Wildman–Crippen MR) is 83.7 cm³/mol. The molecule has 0 radical (unpaired) electrons. The number of hydrogen-bond donors (Lipinski definition) is 1. The first-order chi connectivity index (χ1) is 10.0. The molecule has 0 aliphatic heterocycles. The van der Waals surface area contributed by atoms with Crippen LogP contribution in [0.25, 0.3) is 0 Å². The van der Waals surface area contributed by atoms with Crippen LogP contribution in [0.2, 0.25) is 5.02 Å². The van der Waals surface area contributed by atoms with E-state index >= 15 is 0 Å². The largest absolute Gasteiger partial charge is 0.490 e. The lowest BCUT2D eigenvalue weighted by Crippen LogP contribution is -2.21. The molecule has 1 N–H and O–H groups in total. The van der Waals surface area contributed by atoms with Crippen molar-refractivity contribution in [2.24, 2.45) is 0 Å². The van der Waals surface area contributed by atoms with Gasteiger partial charge in [-0.25, -0.2) is 4.68 Å². The van der Waals surface area contributed by atoms with E-state index in [-0.39, 0.29) is 0 Å². The molecule has 5 nitrogen and oxygen atoms in total. The minimum absolute atomic E-state index is 0.432. The highest BCUT2D eigenvalue weighted by atomic mass is 35.5. The van der Waals surface area contributed by atoms with Crippen LogP contribution in [0.3, 0.4) is 0 Å². The summed E-state index contributed by atoms with van der Waals surface area (Å²) in [6.07, 6.45) is 1.93. The Balaban J connectivity index is 1.82. The van der Waals surface area contributed by atoms with Crippen molar-refractivity contribution in [3.63, 3.8) is 0 Å². The summed E-state index contributed by atoms with van der Waals surface area (Å²) in [6.45, 7) is 8.08. The maximum atomic E-state index is 6.08. The zero-order valence-corrected chi connectivity index (χ0v) is 13.4. The molecule has 0 fully saturated rings. The quantitative estimate of drug-likeness (QED) is 0.854. The van der Waals surface area contributed by atoms with Gasteiger partial charge < -0.3 is 10.1 Å². The molecular formula is C15H21ClN4O. The van der Waals surface area contributed by atoms with Crippen LogP contribution in [0.1, 0.15) is 25.1 Å². The summed E-state index contributed by atoms with van der Waals surface area (Å²) in [7, 11) is 0. The highest BCUT2D eigenvalue weighted by Crippen LogP contribution is 2.25. The van der Waals surface area contributed by atoms with Gasteiger partial charge in [0.2, 0.25) is 0 Å². The molecule has 0 aliphatic rings. The third-order valence-corrected chi connectivity index (χ3v) is 3.25. The van der Waals surface area contributed by atoms with Crippen LogP contribution in [0.4, 0.5) is 0 Å². The maximum Gasteiger partial charge on any atom is 0.138 e. The molecule has 0 atom stereocenters. The lowest BCUT2D eigenvalue weighted by atomic mass is 10.2. The number of halogens is 1. The van der Waals surface area contributed by atoms with Crippen molar-refractivity contribution < 1.29 is 4.74 Å². The molecule has 1 aromatic heterocycles. The van der Waals surface area contributed by atoms with E-state index in [0.717, 1.165) is 17.8 Å². The Kier molecular flexibility index (Phi) is 5.59. The second-order valence-corrected chi connectivity index (χ2v) is 5.70. The minimum atomic E-state index is 0.432. The van der Waals surface area contributed by atoms with Gasteiger partial charge in [-0.2, -0.15) is 0 Å². The van der Waals surface area contributed by atoms with Gasteiger partial charge in [-0.05, 0) is 24.6 Å². The summed E-state index contributed by atoms with van der Waals surface area (Å²) >= 11 is 6.08. The van der Waals surface area contributed by atoms with Crippen molar-refractivity contribution in [3.05, 3.63) is 40.7 Å². The summed E-state index contributed by atoms with van der Waals surface area (Å²) in [5, 5.41) is 12.1. The first-order valence-corrected chi connectivity index (χ1v) is 7.43. The molecular weight excluding hydrogens is 288 g/mol. The molecule has 0 saturated heterocycles. The molecule has 0 saturated carbocycles. The van der Waals surface area contributed by atoms with Gasteiger partial charge >= 0.3 is 0 Å². The number of ether oxygens (including phenoxy) is 1. The molecule has 2 rings (SSSR count). The molecule has 21 heavy (non-hydrogen) atoms. The molecule has 0 spiro atoms. The molecule has 0 aliphatic carbocycles. The van der Waals surface area contributed by atoms with E-state index < -0.39 is 0 Å². The van der Waals surface area contributed by atoms with E-state index in [1.807, 2.05) is 31.3 Å². The van der Waals surface area contributed by atoms with E-state index in [9.17, 15) is 0 Å². The van der Waals surface area contributed by atoms with Crippen molar-refractivity contribution in [3.8, 4) is 5.75 Å². The molecule has 1 heterocycles. The summed E-state index contributed by atoms with van der Waals surface area (Å²) in [6, 6.07) is 6.17. The number of nitrogens with one attached hydrogen (secondary N) is 1. The first-order valence-electron chi connectivity index (χ1n) is 7.06. The Labute approximate surface area is 130 Å². The molecule has 114 valence electrons. The second-order valence-electron chi connectivity index (χ2n) is 5.29. The Hall–Kier alpha value is -1.59. The fraction of sp³-hybridized carbons (Fsp3) is 0.467. The van der Waals surface area contributed by atoms with Gasteiger partial charge in [-0.1, -0.05) is 36.7 Å². The van der Waals surface area contributed by atoms with Crippen LogP contribution in [0.5, 0.6) is 5.75 Å². The van der Waals surface area contributed by atoms with Gasteiger partial charge in [0.15, 0.2) is 0 Å². The minimum Gasteiger partial charge on any atom is -0.490 e. The number of aromatic nitrogens is 3. The van der Waals surface area contributed by atoms with Crippen LogP contribution in [0.15, 0.2) is 24.4 Å². The molecule has 1 aromatic carbocycles. The van der Waals surface area contributed by atoms with E-state index in [2.05, 4.69) is 29.5 Å². The SMILES string of the molecule is Cc1ccc(Cl)c(OCCn2cc(CNC(C)C)nn2)c1. The monoisotopic (exact) mass is 308 g/mol. The number of benzene rings is 1. The smallest absolute Gasteiger partial charge is 0.138 e. The summed E-state index contributed by atoms with van der Waals surface area (Å²) in [5.74, 6) is 0.707. The van der Waals surface area contributed by atoms with E-state index in [1.165, 1.54) is 0 Å². The topological polar surface area (TPSA) is 52.0 Å². The van der Waals surface area contributed by atoms with Gasteiger partial charge in [-0.15, -0.1) is 5.10 Å². The molecule has 0 unspecified atom stereocenters. The van der Waals surface area contributed by atoms with Crippen molar-refractivity contribution in [1.29, 1.82) is 0 Å². The Bertz CT molecular complexity index is 583. The normalized spacial score (nSPS) is 11.1.